The summed E-state index contributed by atoms with van der Waals surface area (Å²) in [7, 11) is 0. The molecule has 0 bridgehead atoms. The van der Waals surface area contributed by atoms with E-state index in [1.165, 1.54) is 17.8 Å². The number of hydrogen-bond donors (Lipinski definition) is 1. The third-order valence-corrected chi connectivity index (χ3v) is 2.22. The Kier molecular flexibility index (Phi) is 1.77. The summed E-state index contributed by atoms with van der Waals surface area (Å²) in [6.45, 7) is 3.24. The van der Waals surface area contributed by atoms with Gasteiger partial charge in [0.05, 0.1) is 17.1 Å². The molecule has 0 aliphatic rings. The van der Waals surface area contributed by atoms with Gasteiger partial charge in [-0.25, -0.2) is 4.68 Å². The maximum absolute atomic E-state index is 11.1. The smallest absolute Gasteiger partial charge is 0.244 e. The lowest BCUT2D eigenvalue weighted by atomic mass is 10.1. The zero-order valence-electron chi connectivity index (χ0n) is 7.98. The van der Waals surface area contributed by atoms with Gasteiger partial charge in [0.25, 0.3) is 0 Å². The topological polar surface area (TPSA) is 55.1 Å². The van der Waals surface area contributed by atoms with Crippen LogP contribution in [0.5, 0.6) is 5.75 Å². The molecule has 1 aromatic heterocycles. The molecule has 0 unspecified atom stereocenters. The first-order chi connectivity index (χ1) is 6.61. The van der Waals surface area contributed by atoms with Gasteiger partial charge in [-0.1, -0.05) is 6.07 Å². The van der Waals surface area contributed by atoms with Crippen molar-refractivity contribution in [2.75, 3.05) is 0 Å². The quantitative estimate of drug-likeness (QED) is 0.688. The van der Waals surface area contributed by atoms with Crippen molar-refractivity contribution in [3.63, 3.8) is 0 Å². The Morgan fingerprint density at radius 3 is 2.86 bits per heavy atom. The minimum absolute atomic E-state index is 0.164. The number of aryl methyl sites for hydroxylation is 1. The molecule has 0 amide bonds. The molecule has 4 nitrogen and oxygen atoms in total. The van der Waals surface area contributed by atoms with Gasteiger partial charge in [-0.15, -0.1) is 0 Å². The van der Waals surface area contributed by atoms with Gasteiger partial charge >= 0.3 is 0 Å². The van der Waals surface area contributed by atoms with E-state index >= 15 is 0 Å². The van der Waals surface area contributed by atoms with E-state index < -0.39 is 0 Å². The number of hydrogen-bond acceptors (Lipinski definition) is 3. The molecule has 2 aromatic rings. The van der Waals surface area contributed by atoms with Gasteiger partial charge in [-0.3, -0.25) is 4.79 Å². The van der Waals surface area contributed by atoms with Crippen LogP contribution in [-0.2, 0) is 0 Å². The SMILES string of the molecule is CC(=O)n1ncc2c(O)c(C)ccc21. The van der Waals surface area contributed by atoms with Gasteiger partial charge in [-0.05, 0) is 18.6 Å². The third kappa shape index (κ3) is 1.08. The summed E-state index contributed by atoms with van der Waals surface area (Å²) in [5.74, 6) is 0.0262. The molecular formula is C10H10N2O2. The first kappa shape index (κ1) is 8.74. The Labute approximate surface area is 80.8 Å². The summed E-state index contributed by atoms with van der Waals surface area (Å²) in [5, 5.41) is 14.2. The van der Waals surface area contributed by atoms with E-state index in [0.717, 1.165) is 5.56 Å². The fraction of sp³-hybridized carbons (Fsp3) is 0.200. The van der Waals surface area contributed by atoms with E-state index in [1.807, 2.05) is 0 Å². The standard InChI is InChI=1S/C10H10N2O2/c1-6-3-4-9-8(10(6)14)5-11-12(9)7(2)13/h3-5,14H,1-2H3. The zero-order valence-corrected chi connectivity index (χ0v) is 7.98. The molecule has 0 fully saturated rings. The number of phenols is 1. The number of aromatic nitrogens is 2. The van der Waals surface area contributed by atoms with Crippen LogP contribution in [0.1, 0.15) is 17.3 Å². The van der Waals surface area contributed by atoms with Gasteiger partial charge in [0, 0.05) is 6.92 Å². The van der Waals surface area contributed by atoms with Crippen LogP contribution in [0.3, 0.4) is 0 Å². The van der Waals surface area contributed by atoms with Crippen LogP contribution in [0, 0.1) is 6.92 Å². The summed E-state index contributed by atoms with van der Waals surface area (Å²) in [6.07, 6.45) is 1.50. The lowest BCUT2D eigenvalue weighted by Gasteiger charge is -2.00. The van der Waals surface area contributed by atoms with Gasteiger partial charge in [0.2, 0.25) is 5.91 Å². The van der Waals surface area contributed by atoms with Gasteiger partial charge in [0.15, 0.2) is 0 Å². The first-order valence-corrected chi connectivity index (χ1v) is 4.28. The van der Waals surface area contributed by atoms with E-state index in [2.05, 4.69) is 5.10 Å². The highest BCUT2D eigenvalue weighted by Gasteiger charge is 2.10. The van der Waals surface area contributed by atoms with E-state index in [4.69, 9.17) is 0 Å². The number of nitrogens with zero attached hydrogens (tertiary/aromatic N) is 2. The predicted octanol–water partition coefficient (Wildman–Crippen LogP) is 1.71. The lowest BCUT2D eigenvalue weighted by molar-refractivity contribution is 0.0927. The van der Waals surface area contributed by atoms with Crippen LogP contribution in [0.2, 0.25) is 0 Å². The molecule has 0 saturated heterocycles. The Morgan fingerprint density at radius 1 is 1.50 bits per heavy atom. The molecule has 0 saturated carbocycles. The van der Waals surface area contributed by atoms with Crippen molar-refractivity contribution >= 4 is 16.8 Å². The third-order valence-electron chi connectivity index (χ3n) is 2.22. The molecular weight excluding hydrogens is 180 g/mol. The molecule has 0 atom stereocenters. The molecule has 0 radical (unpaired) electrons. The second kappa shape index (κ2) is 2.83. The zero-order chi connectivity index (χ0) is 10.3. The van der Waals surface area contributed by atoms with Crippen LogP contribution >= 0.6 is 0 Å². The molecule has 2 rings (SSSR count). The van der Waals surface area contributed by atoms with Gasteiger partial charge in [0.1, 0.15) is 5.75 Å². The largest absolute Gasteiger partial charge is 0.507 e. The van der Waals surface area contributed by atoms with Crippen molar-refractivity contribution in [3.8, 4) is 5.75 Å². The summed E-state index contributed by atoms with van der Waals surface area (Å²) in [6, 6.07) is 3.54. The highest BCUT2D eigenvalue weighted by molar-refractivity contribution is 5.93. The molecule has 4 heteroatoms. The molecule has 1 N–H and O–H groups in total. The summed E-state index contributed by atoms with van der Waals surface area (Å²) in [5.41, 5.74) is 1.42. The molecule has 14 heavy (non-hydrogen) atoms. The fourth-order valence-corrected chi connectivity index (χ4v) is 1.45. The summed E-state index contributed by atoms with van der Waals surface area (Å²) in [4.78, 5) is 11.1. The number of phenolic OH excluding ortho intramolecular Hbond substituents is 1. The minimum atomic E-state index is -0.164. The number of rotatable bonds is 0. The average Bonchev–Trinajstić information content (AvgIpc) is 2.55. The van der Waals surface area contributed by atoms with Crippen molar-refractivity contribution in [3.05, 3.63) is 23.9 Å². The highest BCUT2D eigenvalue weighted by atomic mass is 16.3. The molecule has 0 aliphatic carbocycles. The number of aromatic hydroxyl groups is 1. The maximum Gasteiger partial charge on any atom is 0.244 e. The van der Waals surface area contributed by atoms with Crippen molar-refractivity contribution in [1.82, 2.24) is 9.78 Å². The number of fused-ring (bicyclic) bond motifs is 1. The van der Waals surface area contributed by atoms with Crippen LogP contribution in [0.15, 0.2) is 18.3 Å². The van der Waals surface area contributed by atoms with Crippen LogP contribution in [-0.4, -0.2) is 20.8 Å². The monoisotopic (exact) mass is 190 g/mol. The van der Waals surface area contributed by atoms with Crippen LogP contribution in [0.25, 0.3) is 10.9 Å². The van der Waals surface area contributed by atoms with Crippen molar-refractivity contribution < 1.29 is 9.90 Å². The number of carbonyl (C=O) groups is 1. The maximum atomic E-state index is 11.1. The first-order valence-electron chi connectivity index (χ1n) is 4.28. The minimum Gasteiger partial charge on any atom is -0.507 e. The second-order valence-electron chi connectivity index (χ2n) is 3.24. The molecule has 72 valence electrons. The summed E-state index contributed by atoms with van der Waals surface area (Å²) >= 11 is 0. The van der Waals surface area contributed by atoms with Gasteiger partial charge in [-0.2, -0.15) is 5.10 Å². The van der Waals surface area contributed by atoms with E-state index in [9.17, 15) is 9.90 Å². The Hall–Kier alpha value is -1.84. The van der Waals surface area contributed by atoms with Crippen LogP contribution in [0.4, 0.5) is 0 Å². The van der Waals surface area contributed by atoms with E-state index in [1.54, 1.807) is 19.1 Å². The average molecular weight is 190 g/mol. The number of benzene rings is 1. The van der Waals surface area contributed by atoms with E-state index in [-0.39, 0.29) is 11.7 Å². The van der Waals surface area contributed by atoms with Gasteiger partial charge < -0.3 is 5.11 Å². The summed E-state index contributed by atoms with van der Waals surface area (Å²) < 4.78 is 1.27. The van der Waals surface area contributed by atoms with Crippen molar-refractivity contribution in [2.45, 2.75) is 13.8 Å². The predicted molar refractivity (Wildman–Crippen MR) is 52.4 cm³/mol. The lowest BCUT2D eigenvalue weighted by Crippen LogP contribution is -2.06. The number of carbonyl (C=O) groups excluding carboxylic acids is 1. The Bertz CT molecular complexity index is 514. The Morgan fingerprint density at radius 2 is 2.21 bits per heavy atom. The van der Waals surface area contributed by atoms with E-state index in [0.29, 0.717) is 10.9 Å². The second-order valence-corrected chi connectivity index (χ2v) is 3.24. The Balaban J connectivity index is 2.83. The fourth-order valence-electron chi connectivity index (χ4n) is 1.45. The van der Waals surface area contributed by atoms with Crippen molar-refractivity contribution in [1.29, 1.82) is 0 Å². The molecule has 1 heterocycles. The van der Waals surface area contributed by atoms with Crippen LogP contribution < -0.4 is 0 Å². The molecule has 0 spiro atoms. The molecule has 1 aromatic carbocycles. The molecule has 0 aliphatic heterocycles. The van der Waals surface area contributed by atoms with Crippen molar-refractivity contribution in [2.24, 2.45) is 0 Å². The highest BCUT2D eigenvalue weighted by Crippen LogP contribution is 2.27. The normalized spacial score (nSPS) is 10.7.